The molecule has 6 nitrogen and oxygen atoms in total. The molecule has 0 radical (unpaired) electrons. The first-order valence-electron chi connectivity index (χ1n) is 12.6. The summed E-state index contributed by atoms with van der Waals surface area (Å²) in [6.45, 7) is 6.74. The molecule has 3 aromatic carbocycles. The molecule has 11 heteroatoms. The summed E-state index contributed by atoms with van der Waals surface area (Å²) in [5.41, 5.74) is 0.861. The third-order valence-corrected chi connectivity index (χ3v) is 9.62. The van der Waals surface area contributed by atoms with Gasteiger partial charge >= 0.3 is 5.25 Å². The largest absolute Gasteiger partial charge is 0.743 e. The first-order valence-corrected chi connectivity index (χ1v) is 15.2. The zero-order chi connectivity index (χ0) is 29.2. The molecule has 216 valence electrons. The van der Waals surface area contributed by atoms with E-state index < -0.39 is 51.3 Å². The highest BCUT2D eigenvalue weighted by atomic mass is 32.2. The van der Waals surface area contributed by atoms with Crippen LogP contribution in [-0.2, 0) is 36.3 Å². The zero-order valence-electron chi connectivity index (χ0n) is 22.3. The molecule has 0 aromatic heterocycles. The standard InChI is InChI=1S/C29H31F3O6S2/c1-27(2)19-37-28(3,38-20-27)21-9-13-24(14-10-21)39(23-7-5-4-6-8-23)25-15-11-22(12-16-25)36-18-17-26(30)29(31,32)40(33,34)35/h4-16,26H,17-20H2,1-3H3. The maximum absolute atomic E-state index is 13.7. The maximum atomic E-state index is 13.7. The summed E-state index contributed by atoms with van der Waals surface area (Å²) in [7, 11) is -6.60. The first kappa shape index (κ1) is 30.4. The van der Waals surface area contributed by atoms with E-state index in [2.05, 4.69) is 13.8 Å². The minimum Gasteiger partial charge on any atom is -0.743 e. The fraction of sp³-hybridized carbons (Fsp3) is 0.379. The molecule has 0 N–H and O–H groups in total. The summed E-state index contributed by atoms with van der Waals surface area (Å²) in [4.78, 5) is 3.07. The molecule has 0 spiro atoms. The van der Waals surface area contributed by atoms with Gasteiger partial charge in [0.15, 0.2) is 36.8 Å². The van der Waals surface area contributed by atoms with Gasteiger partial charge in [-0.1, -0.05) is 32.0 Å². The third-order valence-electron chi connectivity index (χ3n) is 6.47. The highest BCUT2D eigenvalue weighted by molar-refractivity contribution is 7.97. The lowest BCUT2D eigenvalue weighted by atomic mass is 9.94. The van der Waals surface area contributed by atoms with Gasteiger partial charge in [-0.05, 0) is 67.6 Å². The predicted molar refractivity (Wildman–Crippen MR) is 144 cm³/mol. The minimum absolute atomic E-state index is 0.0503. The van der Waals surface area contributed by atoms with Crippen LogP contribution in [0.2, 0.25) is 0 Å². The highest BCUT2D eigenvalue weighted by Crippen LogP contribution is 2.38. The summed E-state index contributed by atoms with van der Waals surface area (Å²) in [5.74, 6) is -0.544. The van der Waals surface area contributed by atoms with Crippen LogP contribution in [0.15, 0.2) is 93.5 Å². The molecule has 0 aliphatic carbocycles. The van der Waals surface area contributed by atoms with Crippen molar-refractivity contribution in [2.24, 2.45) is 5.41 Å². The van der Waals surface area contributed by atoms with Crippen molar-refractivity contribution in [2.75, 3.05) is 19.8 Å². The fourth-order valence-corrected chi connectivity index (χ4v) is 6.54. The lowest BCUT2D eigenvalue weighted by molar-refractivity contribution is -0.298. The van der Waals surface area contributed by atoms with Crippen LogP contribution in [0.5, 0.6) is 5.75 Å². The quantitative estimate of drug-likeness (QED) is 0.203. The van der Waals surface area contributed by atoms with Crippen LogP contribution in [0.1, 0.15) is 32.8 Å². The molecule has 2 atom stereocenters. The van der Waals surface area contributed by atoms with Crippen molar-refractivity contribution in [3.05, 3.63) is 84.4 Å². The van der Waals surface area contributed by atoms with Gasteiger partial charge in [0, 0.05) is 17.4 Å². The average Bonchev–Trinajstić information content (AvgIpc) is 2.92. The van der Waals surface area contributed by atoms with E-state index in [4.69, 9.17) is 14.2 Å². The molecular weight excluding hydrogens is 565 g/mol. The summed E-state index contributed by atoms with van der Waals surface area (Å²) >= 11 is 0. The van der Waals surface area contributed by atoms with Gasteiger partial charge in [0.2, 0.25) is 0 Å². The number of halogens is 3. The highest BCUT2D eigenvalue weighted by Gasteiger charge is 2.47. The smallest absolute Gasteiger partial charge is 0.364 e. The van der Waals surface area contributed by atoms with Gasteiger partial charge in [0.1, 0.15) is 5.75 Å². The Hall–Kier alpha value is -2.57. The number of ether oxygens (including phenoxy) is 3. The van der Waals surface area contributed by atoms with Crippen molar-refractivity contribution in [1.29, 1.82) is 0 Å². The van der Waals surface area contributed by atoms with Crippen molar-refractivity contribution >= 4 is 21.0 Å². The minimum atomic E-state index is -6.11. The topological polar surface area (TPSA) is 84.9 Å². The molecule has 0 bridgehead atoms. The molecule has 1 fully saturated rings. The van der Waals surface area contributed by atoms with Crippen molar-refractivity contribution in [3.8, 4) is 5.75 Å². The molecule has 1 saturated heterocycles. The monoisotopic (exact) mass is 596 g/mol. The summed E-state index contributed by atoms with van der Waals surface area (Å²) in [6.07, 6.45) is -4.12. The second-order valence-corrected chi connectivity index (χ2v) is 13.9. The van der Waals surface area contributed by atoms with Crippen LogP contribution in [0.25, 0.3) is 0 Å². The Balaban J connectivity index is 1.50. The fourth-order valence-electron chi connectivity index (χ4n) is 4.05. The Bertz CT molecular complexity index is 1370. The van der Waals surface area contributed by atoms with E-state index in [-0.39, 0.29) is 5.41 Å². The van der Waals surface area contributed by atoms with Gasteiger partial charge < -0.3 is 18.8 Å². The molecule has 1 aliphatic heterocycles. The summed E-state index contributed by atoms with van der Waals surface area (Å²) in [6, 6.07) is 24.9. The molecule has 3 aromatic rings. The van der Waals surface area contributed by atoms with Crippen LogP contribution < -0.4 is 4.74 Å². The average molecular weight is 597 g/mol. The lowest BCUT2D eigenvalue weighted by Gasteiger charge is -2.41. The van der Waals surface area contributed by atoms with Gasteiger partial charge in [-0.25, -0.2) is 12.8 Å². The van der Waals surface area contributed by atoms with Crippen molar-refractivity contribution in [1.82, 2.24) is 0 Å². The normalized spacial score (nSPS) is 18.6. The Kier molecular flexibility index (Phi) is 8.91. The molecule has 1 heterocycles. The van der Waals surface area contributed by atoms with E-state index in [9.17, 15) is 26.1 Å². The Morgan fingerprint density at radius 3 is 1.93 bits per heavy atom. The van der Waals surface area contributed by atoms with Crippen molar-refractivity contribution in [3.63, 3.8) is 0 Å². The second-order valence-electron chi connectivity index (χ2n) is 10.4. The molecule has 4 rings (SSSR count). The molecule has 0 amide bonds. The van der Waals surface area contributed by atoms with Crippen LogP contribution in [0.4, 0.5) is 13.2 Å². The second kappa shape index (κ2) is 11.7. The maximum Gasteiger partial charge on any atom is 0.364 e. The lowest BCUT2D eigenvalue weighted by Crippen LogP contribution is -2.43. The van der Waals surface area contributed by atoms with Crippen LogP contribution in [-0.4, -0.2) is 44.2 Å². The number of hydrogen-bond donors (Lipinski definition) is 0. The molecule has 0 saturated carbocycles. The SMILES string of the molecule is CC1(C)COC(C)(c2ccc([S+](c3ccccc3)c3ccc(OCCC(F)C(F)(F)S(=O)(=O)[O-])cc3)cc2)OC1. The first-order chi connectivity index (χ1) is 18.7. The van der Waals surface area contributed by atoms with Gasteiger partial charge in [-0.3, -0.25) is 0 Å². The Morgan fingerprint density at radius 2 is 1.40 bits per heavy atom. The molecule has 2 unspecified atom stereocenters. The van der Waals surface area contributed by atoms with Crippen molar-refractivity contribution in [2.45, 2.75) is 59.1 Å². The van der Waals surface area contributed by atoms with E-state index in [0.717, 1.165) is 20.2 Å². The van der Waals surface area contributed by atoms with Gasteiger partial charge in [0.05, 0.1) is 30.7 Å². The van der Waals surface area contributed by atoms with Gasteiger partial charge in [-0.2, -0.15) is 8.78 Å². The Labute approximate surface area is 235 Å². The number of alkyl halides is 3. The predicted octanol–water partition coefficient (Wildman–Crippen LogP) is 6.27. The van der Waals surface area contributed by atoms with E-state index in [1.165, 1.54) is 0 Å². The Morgan fingerprint density at radius 1 is 0.900 bits per heavy atom. The van der Waals surface area contributed by atoms with Crippen LogP contribution in [0, 0.1) is 5.41 Å². The van der Waals surface area contributed by atoms with E-state index in [1.54, 1.807) is 12.1 Å². The van der Waals surface area contributed by atoms with Crippen LogP contribution >= 0.6 is 0 Å². The third kappa shape index (κ3) is 6.83. The van der Waals surface area contributed by atoms with Crippen molar-refractivity contribution < 1.29 is 40.4 Å². The molecule has 40 heavy (non-hydrogen) atoms. The van der Waals surface area contributed by atoms with Gasteiger partial charge in [-0.15, -0.1) is 0 Å². The van der Waals surface area contributed by atoms with E-state index in [0.29, 0.717) is 19.0 Å². The van der Waals surface area contributed by atoms with E-state index in [1.807, 2.05) is 73.7 Å². The number of benzene rings is 3. The van der Waals surface area contributed by atoms with Gasteiger partial charge in [0.25, 0.3) is 0 Å². The van der Waals surface area contributed by atoms with Crippen LogP contribution in [0.3, 0.4) is 0 Å². The molecule has 1 aliphatic rings. The number of hydrogen-bond acceptors (Lipinski definition) is 6. The molecular formula is C29H31F3O6S2. The number of rotatable bonds is 10. The zero-order valence-corrected chi connectivity index (χ0v) is 23.9. The van der Waals surface area contributed by atoms with E-state index >= 15 is 0 Å². The summed E-state index contributed by atoms with van der Waals surface area (Å²) < 4.78 is 89.7. The summed E-state index contributed by atoms with van der Waals surface area (Å²) in [5, 5.41) is -5.01.